The number of hydrogen-bond donors (Lipinski definition) is 1. The molecule has 0 spiro atoms. The zero-order valence-corrected chi connectivity index (χ0v) is 9.12. The Hall–Kier alpha value is -1.33. The minimum atomic E-state index is -3.65. The van der Waals surface area contributed by atoms with Crippen molar-refractivity contribution in [1.29, 1.82) is 5.26 Å². The predicted molar refractivity (Wildman–Crippen MR) is 53.4 cm³/mol. The zero-order chi connectivity index (χ0) is 11.3. The van der Waals surface area contributed by atoms with E-state index < -0.39 is 10.1 Å². The molecule has 1 rings (SSSR count). The van der Waals surface area contributed by atoms with Gasteiger partial charge in [0.1, 0.15) is 6.07 Å². The highest BCUT2D eigenvalue weighted by Gasteiger charge is 2.15. The highest BCUT2D eigenvalue weighted by molar-refractivity contribution is 7.85. The molecule has 84 valence electrons. The van der Waals surface area contributed by atoms with Crippen molar-refractivity contribution < 1.29 is 12.7 Å². The summed E-state index contributed by atoms with van der Waals surface area (Å²) in [7, 11) is -3.65. The molecule has 1 heterocycles. The standard InChI is InChI=1S/C7H12N4O3S/c1-15(12,13)14-10-7(6-8)11-4-2-9-3-5-11/h9H,2-5H2,1H3/b10-7-. The smallest absolute Gasteiger partial charge is 0.325 e. The first-order valence-corrected chi connectivity index (χ1v) is 6.17. The average Bonchev–Trinajstić information content (AvgIpc) is 2.19. The van der Waals surface area contributed by atoms with E-state index in [1.54, 1.807) is 11.0 Å². The quantitative estimate of drug-likeness (QED) is 0.361. The van der Waals surface area contributed by atoms with Gasteiger partial charge in [0, 0.05) is 26.2 Å². The third-order valence-electron chi connectivity index (χ3n) is 1.78. The van der Waals surface area contributed by atoms with Gasteiger partial charge in [0.25, 0.3) is 0 Å². The molecule has 15 heavy (non-hydrogen) atoms. The Morgan fingerprint density at radius 1 is 1.53 bits per heavy atom. The topological polar surface area (TPSA) is 94.8 Å². The summed E-state index contributed by atoms with van der Waals surface area (Å²) in [6, 6.07) is 1.80. The zero-order valence-electron chi connectivity index (χ0n) is 8.30. The van der Waals surface area contributed by atoms with Gasteiger partial charge in [0.05, 0.1) is 6.26 Å². The van der Waals surface area contributed by atoms with Gasteiger partial charge in [-0.1, -0.05) is 0 Å². The number of nitriles is 1. The molecule has 7 nitrogen and oxygen atoms in total. The van der Waals surface area contributed by atoms with Crippen molar-refractivity contribution in [2.75, 3.05) is 32.4 Å². The van der Waals surface area contributed by atoms with Gasteiger partial charge >= 0.3 is 10.1 Å². The summed E-state index contributed by atoms with van der Waals surface area (Å²) in [5.74, 6) is -0.0121. The summed E-state index contributed by atoms with van der Waals surface area (Å²) < 4.78 is 25.5. The van der Waals surface area contributed by atoms with Crippen LogP contribution in [0.2, 0.25) is 0 Å². The molecule has 1 N–H and O–H groups in total. The molecule has 0 amide bonds. The van der Waals surface area contributed by atoms with Crippen LogP contribution in [-0.4, -0.2) is 51.6 Å². The van der Waals surface area contributed by atoms with Crippen molar-refractivity contribution >= 4 is 16.0 Å². The fourth-order valence-corrected chi connectivity index (χ4v) is 1.33. The summed E-state index contributed by atoms with van der Waals surface area (Å²) in [4.78, 5) is 1.67. The number of nitrogens with one attached hydrogen (secondary N) is 1. The van der Waals surface area contributed by atoms with Crippen molar-refractivity contribution in [3.63, 3.8) is 0 Å². The third kappa shape index (κ3) is 4.14. The second-order valence-corrected chi connectivity index (χ2v) is 4.60. The molecule has 0 atom stereocenters. The van der Waals surface area contributed by atoms with E-state index in [9.17, 15) is 8.42 Å². The summed E-state index contributed by atoms with van der Waals surface area (Å²) >= 11 is 0. The van der Waals surface area contributed by atoms with E-state index >= 15 is 0 Å². The summed E-state index contributed by atoms with van der Waals surface area (Å²) in [5, 5.41) is 15.2. The number of hydrogen-bond acceptors (Lipinski definition) is 6. The van der Waals surface area contributed by atoms with E-state index in [0.717, 1.165) is 19.3 Å². The van der Waals surface area contributed by atoms with Crippen LogP contribution in [0.15, 0.2) is 5.16 Å². The lowest BCUT2D eigenvalue weighted by atomic mass is 10.3. The van der Waals surface area contributed by atoms with Crippen LogP contribution in [0.5, 0.6) is 0 Å². The fourth-order valence-electron chi connectivity index (χ4n) is 1.13. The molecular weight excluding hydrogens is 220 g/mol. The predicted octanol–water partition coefficient (Wildman–Crippen LogP) is -1.30. The molecule has 0 aromatic rings. The van der Waals surface area contributed by atoms with Crippen LogP contribution in [-0.2, 0) is 14.4 Å². The van der Waals surface area contributed by atoms with Crippen LogP contribution in [0.25, 0.3) is 0 Å². The van der Waals surface area contributed by atoms with Gasteiger partial charge in [-0.25, -0.2) is 0 Å². The summed E-state index contributed by atoms with van der Waals surface area (Å²) in [5.41, 5.74) is 0. The Bertz CT molecular complexity index is 378. The lowest BCUT2D eigenvalue weighted by Crippen LogP contribution is -2.46. The van der Waals surface area contributed by atoms with Crippen LogP contribution in [0.1, 0.15) is 0 Å². The Balaban J connectivity index is 2.66. The van der Waals surface area contributed by atoms with Crippen molar-refractivity contribution in [3.05, 3.63) is 0 Å². The molecule has 0 unspecified atom stereocenters. The van der Waals surface area contributed by atoms with Crippen LogP contribution in [0.4, 0.5) is 0 Å². The normalized spacial score (nSPS) is 18.4. The highest BCUT2D eigenvalue weighted by Crippen LogP contribution is 1.97. The van der Waals surface area contributed by atoms with Crippen molar-refractivity contribution in [2.45, 2.75) is 0 Å². The average molecular weight is 232 g/mol. The van der Waals surface area contributed by atoms with Crippen LogP contribution in [0, 0.1) is 11.3 Å². The van der Waals surface area contributed by atoms with Gasteiger partial charge in [-0.2, -0.15) is 13.7 Å². The molecule has 1 saturated heterocycles. The number of oxime groups is 1. The Morgan fingerprint density at radius 2 is 2.13 bits per heavy atom. The van der Waals surface area contributed by atoms with Crippen LogP contribution in [0.3, 0.4) is 0 Å². The van der Waals surface area contributed by atoms with Gasteiger partial charge in [0.2, 0.25) is 5.84 Å². The van der Waals surface area contributed by atoms with E-state index in [2.05, 4.69) is 14.8 Å². The van der Waals surface area contributed by atoms with Crippen molar-refractivity contribution in [1.82, 2.24) is 10.2 Å². The van der Waals surface area contributed by atoms with Gasteiger partial charge in [-0.15, -0.1) is 0 Å². The third-order valence-corrected chi connectivity index (χ3v) is 2.12. The number of nitrogens with zero attached hydrogens (tertiary/aromatic N) is 3. The molecule has 0 radical (unpaired) electrons. The Labute approximate surface area is 88.4 Å². The van der Waals surface area contributed by atoms with Gasteiger partial charge in [-0.3, -0.25) is 4.28 Å². The van der Waals surface area contributed by atoms with Gasteiger partial charge in [-0.05, 0) is 5.16 Å². The lowest BCUT2D eigenvalue weighted by Gasteiger charge is -2.26. The first-order chi connectivity index (χ1) is 7.03. The largest absolute Gasteiger partial charge is 0.343 e. The first-order valence-electron chi connectivity index (χ1n) is 4.35. The van der Waals surface area contributed by atoms with E-state index in [4.69, 9.17) is 5.26 Å². The second-order valence-electron chi connectivity index (χ2n) is 3.04. The van der Waals surface area contributed by atoms with Gasteiger partial charge < -0.3 is 10.2 Å². The molecule has 1 aliphatic rings. The SMILES string of the molecule is CS(=O)(=O)O/N=C(/C#N)N1CCNCC1. The monoisotopic (exact) mass is 232 g/mol. The highest BCUT2D eigenvalue weighted by atomic mass is 32.2. The number of rotatable bonds is 2. The van der Waals surface area contributed by atoms with E-state index in [1.165, 1.54) is 0 Å². The van der Waals surface area contributed by atoms with Crippen LogP contribution < -0.4 is 5.32 Å². The van der Waals surface area contributed by atoms with Crippen molar-refractivity contribution in [3.8, 4) is 6.07 Å². The van der Waals surface area contributed by atoms with E-state index in [1.807, 2.05) is 0 Å². The number of amidine groups is 1. The second kappa shape index (κ2) is 4.95. The molecular formula is C7H12N4O3S. The minimum Gasteiger partial charge on any atom is -0.343 e. The van der Waals surface area contributed by atoms with Crippen molar-refractivity contribution in [2.24, 2.45) is 5.16 Å². The first kappa shape index (κ1) is 11.7. The van der Waals surface area contributed by atoms with E-state index in [0.29, 0.717) is 13.1 Å². The summed E-state index contributed by atoms with van der Waals surface area (Å²) in [6.45, 7) is 2.69. The van der Waals surface area contributed by atoms with Gasteiger partial charge in [0.15, 0.2) is 0 Å². The van der Waals surface area contributed by atoms with Crippen LogP contribution >= 0.6 is 0 Å². The lowest BCUT2D eigenvalue weighted by molar-refractivity contribution is 0.311. The maximum Gasteiger partial charge on any atom is 0.325 e. The summed E-state index contributed by atoms with van der Waals surface area (Å²) in [6.07, 6.45) is 0.878. The maximum atomic E-state index is 10.7. The fraction of sp³-hybridized carbons (Fsp3) is 0.714. The molecule has 8 heteroatoms. The molecule has 0 aromatic carbocycles. The molecule has 1 fully saturated rings. The Kier molecular flexibility index (Phi) is 3.88. The molecule has 0 aliphatic carbocycles. The number of piperazine rings is 1. The van der Waals surface area contributed by atoms with E-state index in [-0.39, 0.29) is 5.84 Å². The molecule has 0 aromatic heterocycles. The molecule has 0 bridgehead atoms. The molecule has 0 saturated carbocycles. The maximum absolute atomic E-state index is 10.7. The Morgan fingerprint density at radius 3 is 2.60 bits per heavy atom. The molecule has 1 aliphatic heterocycles. The minimum absolute atomic E-state index is 0.0121.